The molecule has 2 fully saturated rings. The second-order valence-electron chi connectivity index (χ2n) is 6.03. The molecule has 0 aromatic rings. The van der Waals surface area contributed by atoms with Crippen LogP contribution in [0.5, 0.6) is 0 Å². The van der Waals surface area contributed by atoms with Crippen molar-refractivity contribution in [2.75, 3.05) is 6.54 Å². The molecule has 0 spiro atoms. The number of rotatable bonds is 1. The number of piperazine rings is 1. The molecule has 0 aromatic heterocycles. The molecule has 2 atom stereocenters. The van der Waals surface area contributed by atoms with E-state index in [4.69, 9.17) is 0 Å². The maximum absolute atomic E-state index is 12.3. The van der Waals surface area contributed by atoms with Gasteiger partial charge < -0.3 is 10.2 Å². The van der Waals surface area contributed by atoms with Crippen molar-refractivity contribution >= 4 is 11.8 Å². The molecule has 1 aliphatic carbocycles. The molecule has 2 aliphatic rings. The zero-order chi connectivity index (χ0) is 12.6. The Morgan fingerprint density at radius 3 is 2.65 bits per heavy atom. The van der Waals surface area contributed by atoms with Gasteiger partial charge in [0, 0.05) is 6.04 Å². The van der Waals surface area contributed by atoms with Crippen LogP contribution < -0.4 is 5.32 Å². The fraction of sp³-hybridized carbons (Fsp3) is 0.846. The second kappa shape index (κ2) is 4.31. The first-order chi connectivity index (χ1) is 7.90. The molecule has 1 saturated carbocycles. The van der Waals surface area contributed by atoms with Crippen LogP contribution in [-0.2, 0) is 9.59 Å². The van der Waals surface area contributed by atoms with Crippen molar-refractivity contribution in [1.82, 2.24) is 10.2 Å². The number of nitrogens with zero attached hydrogens (tertiary/aromatic N) is 1. The fourth-order valence-electron chi connectivity index (χ4n) is 3.01. The molecule has 4 nitrogen and oxygen atoms in total. The van der Waals surface area contributed by atoms with Gasteiger partial charge in [0.25, 0.3) is 0 Å². The third kappa shape index (κ3) is 2.45. The topological polar surface area (TPSA) is 49.4 Å². The molecule has 96 valence electrons. The van der Waals surface area contributed by atoms with Gasteiger partial charge in [-0.15, -0.1) is 0 Å². The van der Waals surface area contributed by atoms with Gasteiger partial charge in [0.05, 0.1) is 6.54 Å². The zero-order valence-corrected chi connectivity index (χ0v) is 11.0. The summed E-state index contributed by atoms with van der Waals surface area (Å²) in [5.74, 6) is 0.693. The molecular formula is C13H22N2O2. The number of carbonyl (C=O) groups is 2. The third-order valence-corrected chi connectivity index (χ3v) is 3.91. The van der Waals surface area contributed by atoms with Crippen molar-refractivity contribution in [3.63, 3.8) is 0 Å². The Bertz CT molecular complexity index is 338. The Morgan fingerprint density at radius 2 is 2.00 bits per heavy atom. The Kier molecular flexibility index (Phi) is 3.15. The molecule has 1 N–H and O–H groups in total. The van der Waals surface area contributed by atoms with E-state index in [2.05, 4.69) is 12.2 Å². The lowest BCUT2D eigenvalue weighted by Crippen LogP contribution is -2.66. The molecule has 0 radical (unpaired) electrons. The number of nitrogens with one attached hydrogen (secondary N) is 1. The van der Waals surface area contributed by atoms with Crippen molar-refractivity contribution in [2.24, 2.45) is 5.92 Å². The molecule has 1 aliphatic heterocycles. The summed E-state index contributed by atoms with van der Waals surface area (Å²) >= 11 is 0. The van der Waals surface area contributed by atoms with Crippen LogP contribution >= 0.6 is 0 Å². The molecule has 2 rings (SSSR count). The van der Waals surface area contributed by atoms with Crippen molar-refractivity contribution in [3.05, 3.63) is 0 Å². The highest BCUT2D eigenvalue weighted by atomic mass is 16.2. The van der Waals surface area contributed by atoms with E-state index in [1.807, 2.05) is 0 Å². The number of hydrogen-bond acceptors (Lipinski definition) is 2. The lowest BCUT2D eigenvalue weighted by atomic mass is 9.85. The summed E-state index contributed by atoms with van der Waals surface area (Å²) in [5.41, 5.74) is -0.740. The van der Waals surface area contributed by atoms with E-state index in [0.29, 0.717) is 5.92 Å². The molecule has 2 unspecified atom stereocenters. The van der Waals surface area contributed by atoms with Crippen LogP contribution in [0, 0.1) is 5.92 Å². The Hall–Kier alpha value is -1.06. The first kappa shape index (κ1) is 12.4. The highest BCUT2D eigenvalue weighted by Gasteiger charge is 2.42. The minimum atomic E-state index is -0.740. The molecule has 4 heteroatoms. The summed E-state index contributed by atoms with van der Waals surface area (Å²) in [5, 5.41) is 2.76. The Morgan fingerprint density at radius 1 is 1.29 bits per heavy atom. The zero-order valence-electron chi connectivity index (χ0n) is 11.0. The van der Waals surface area contributed by atoms with Gasteiger partial charge in [-0.05, 0) is 32.6 Å². The van der Waals surface area contributed by atoms with E-state index in [0.717, 1.165) is 19.3 Å². The molecule has 0 bridgehead atoms. The normalized spacial score (nSPS) is 33.5. The minimum absolute atomic E-state index is 0.0344. The largest absolute Gasteiger partial charge is 0.341 e. The summed E-state index contributed by atoms with van der Waals surface area (Å²) in [7, 11) is 0. The van der Waals surface area contributed by atoms with Crippen LogP contribution in [-0.4, -0.2) is 34.8 Å². The maximum Gasteiger partial charge on any atom is 0.248 e. The average Bonchev–Trinajstić information content (AvgIpc) is 2.22. The number of amides is 2. The van der Waals surface area contributed by atoms with Gasteiger partial charge in [0.15, 0.2) is 0 Å². The van der Waals surface area contributed by atoms with Crippen molar-refractivity contribution < 1.29 is 9.59 Å². The summed E-state index contributed by atoms with van der Waals surface area (Å²) < 4.78 is 0. The van der Waals surface area contributed by atoms with Gasteiger partial charge in [-0.3, -0.25) is 9.59 Å². The van der Waals surface area contributed by atoms with E-state index < -0.39 is 5.54 Å². The lowest BCUT2D eigenvalue weighted by Gasteiger charge is -2.43. The first-order valence-electron chi connectivity index (χ1n) is 6.52. The average molecular weight is 238 g/mol. The van der Waals surface area contributed by atoms with Gasteiger partial charge in [-0.1, -0.05) is 19.8 Å². The van der Waals surface area contributed by atoms with E-state index >= 15 is 0 Å². The van der Waals surface area contributed by atoms with Crippen LogP contribution in [0.4, 0.5) is 0 Å². The van der Waals surface area contributed by atoms with Gasteiger partial charge in [-0.2, -0.15) is 0 Å². The molecule has 1 heterocycles. The summed E-state index contributed by atoms with van der Waals surface area (Å²) in [6, 6.07) is 0.261. The van der Waals surface area contributed by atoms with E-state index in [-0.39, 0.29) is 24.4 Å². The third-order valence-electron chi connectivity index (χ3n) is 3.91. The lowest BCUT2D eigenvalue weighted by molar-refractivity contribution is -0.151. The molecule has 0 aromatic carbocycles. The summed E-state index contributed by atoms with van der Waals surface area (Å²) in [4.78, 5) is 25.8. The smallest absolute Gasteiger partial charge is 0.248 e. The second-order valence-corrected chi connectivity index (χ2v) is 6.03. The van der Waals surface area contributed by atoms with Crippen LogP contribution in [0.3, 0.4) is 0 Å². The molecule has 17 heavy (non-hydrogen) atoms. The first-order valence-corrected chi connectivity index (χ1v) is 6.52. The van der Waals surface area contributed by atoms with Gasteiger partial charge >= 0.3 is 0 Å². The van der Waals surface area contributed by atoms with Crippen LogP contribution in [0.25, 0.3) is 0 Å². The fourth-order valence-corrected chi connectivity index (χ4v) is 3.01. The highest BCUT2D eigenvalue weighted by Crippen LogP contribution is 2.29. The monoisotopic (exact) mass is 238 g/mol. The summed E-state index contributed by atoms with van der Waals surface area (Å²) in [6.07, 6.45) is 4.49. The molecule has 2 amide bonds. The molecular weight excluding hydrogens is 216 g/mol. The predicted molar refractivity (Wildman–Crippen MR) is 65.4 cm³/mol. The van der Waals surface area contributed by atoms with Crippen LogP contribution in [0.15, 0.2) is 0 Å². The number of hydrogen-bond donors (Lipinski definition) is 1. The van der Waals surface area contributed by atoms with Crippen molar-refractivity contribution in [2.45, 2.75) is 58.0 Å². The van der Waals surface area contributed by atoms with Gasteiger partial charge in [0.1, 0.15) is 5.54 Å². The van der Waals surface area contributed by atoms with Crippen molar-refractivity contribution in [1.29, 1.82) is 0 Å². The molecule has 1 saturated heterocycles. The standard InChI is InChI=1S/C13H22N2O2/c1-9-5-4-6-10(7-9)15-8-11(16)14-13(2,3)12(15)17/h9-10H,4-8H2,1-3H3,(H,14,16). The predicted octanol–water partition coefficient (Wildman–Crippen LogP) is 1.30. The minimum Gasteiger partial charge on any atom is -0.341 e. The van der Waals surface area contributed by atoms with E-state index in [1.165, 1.54) is 6.42 Å². The Balaban J connectivity index is 2.13. The quantitative estimate of drug-likeness (QED) is 0.748. The van der Waals surface area contributed by atoms with Crippen LogP contribution in [0.2, 0.25) is 0 Å². The van der Waals surface area contributed by atoms with Crippen molar-refractivity contribution in [3.8, 4) is 0 Å². The van der Waals surface area contributed by atoms with E-state index in [1.54, 1.807) is 18.7 Å². The van der Waals surface area contributed by atoms with Crippen LogP contribution in [0.1, 0.15) is 46.5 Å². The van der Waals surface area contributed by atoms with E-state index in [9.17, 15) is 9.59 Å². The van der Waals surface area contributed by atoms with Gasteiger partial charge in [0.2, 0.25) is 11.8 Å². The van der Waals surface area contributed by atoms with Gasteiger partial charge in [-0.25, -0.2) is 0 Å². The maximum atomic E-state index is 12.3. The SMILES string of the molecule is CC1CCCC(N2CC(=O)NC(C)(C)C2=O)C1. The highest BCUT2D eigenvalue weighted by molar-refractivity contribution is 5.97. The Labute approximate surface area is 103 Å². The number of carbonyl (C=O) groups excluding carboxylic acids is 2. The summed E-state index contributed by atoms with van der Waals surface area (Å²) in [6.45, 7) is 6.03.